The number of nitrogens with one attached hydrogen (secondary N) is 1. The highest BCUT2D eigenvalue weighted by Gasteiger charge is 2.11. The third-order valence-electron chi connectivity index (χ3n) is 2.42. The molecule has 94 valence electrons. The highest BCUT2D eigenvalue weighted by Crippen LogP contribution is 2.39. The minimum absolute atomic E-state index is 0.0217. The molecule has 0 aliphatic carbocycles. The number of ether oxygens (including phenoxy) is 2. The van der Waals surface area contributed by atoms with Crippen molar-refractivity contribution >= 4 is 11.5 Å². The number of hydrogen-bond donors (Lipinski definition) is 2. The molecule has 5 heteroatoms. The van der Waals surface area contributed by atoms with Crippen molar-refractivity contribution in [1.29, 1.82) is 0 Å². The number of pyridine rings is 1. The van der Waals surface area contributed by atoms with E-state index in [1.807, 2.05) is 18.2 Å². The Morgan fingerprint density at radius 2 is 1.78 bits per heavy atom. The molecule has 1 heterocycles. The van der Waals surface area contributed by atoms with Gasteiger partial charge >= 0.3 is 0 Å². The molecule has 0 atom stereocenters. The summed E-state index contributed by atoms with van der Waals surface area (Å²) in [5, 5.41) is 12.9. The Kier molecular flexibility index (Phi) is 3.52. The second-order valence-electron chi connectivity index (χ2n) is 3.57. The Bertz CT molecular complexity index is 504. The summed E-state index contributed by atoms with van der Waals surface area (Å²) in [5.41, 5.74) is 0.722. The van der Waals surface area contributed by atoms with E-state index in [2.05, 4.69) is 10.3 Å². The van der Waals surface area contributed by atoms with Crippen molar-refractivity contribution in [2.24, 2.45) is 0 Å². The SMILES string of the molecule is COc1cc(Nc2ccccn2)cc(OC)c1O. The highest BCUT2D eigenvalue weighted by molar-refractivity contribution is 5.66. The van der Waals surface area contributed by atoms with Crippen molar-refractivity contribution in [1.82, 2.24) is 4.98 Å². The molecule has 0 amide bonds. The lowest BCUT2D eigenvalue weighted by atomic mass is 10.2. The van der Waals surface area contributed by atoms with Crippen LogP contribution in [-0.4, -0.2) is 24.3 Å². The Morgan fingerprint density at radius 3 is 2.28 bits per heavy atom. The lowest BCUT2D eigenvalue weighted by Gasteiger charge is -2.12. The average Bonchev–Trinajstić information content (AvgIpc) is 2.41. The molecule has 0 radical (unpaired) electrons. The average molecular weight is 246 g/mol. The molecule has 0 spiro atoms. The van der Waals surface area contributed by atoms with Crippen LogP contribution in [0.4, 0.5) is 11.5 Å². The molecule has 2 aromatic rings. The monoisotopic (exact) mass is 246 g/mol. The smallest absolute Gasteiger partial charge is 0.200 e. The van der Waals surface area contributed by atoms with Crippen molar-refractivity contribution in [2.45, 2.75) is 0 Å². The van der Waals surface area contributed by atoms with Gasteiger partial charge in [0.1, 0.15) is 5.82 Å². The highest BCUT2D eigenvalue weighted by atomic mass is 16.5. The van der Waals surface area contributed by atoms with Gasteiger partial charge in [0.05, 0.1) is 14.2 Å². The molecule has 0 fully saturated rings. The second-order valence-corrected chi connectivity index (χ2v) is 3.57. The van der Waals surface area contributed by atoms with Crippen molar-refractivity contribution in [3.05, 3.63) is 36.5 Å². The first-order valence-corrected chi connectivity index (χ1v) is 5.37. The van der Waals surface area contributed by atoms with Crippen LogP contribution in [0.15, 0.2) is 36.5 Å². The third-order valence-corrected chi connectivity index (χ3v) is 2.42. The van der Waals surface area contributed by atoms with Gasteiger partial charge in [-0.05, 0) is 12.1 Å². The summed E-state index contributed by atoms with van der Waals surface area (Å²) < 4.78 is 10.2. The lowest BCUT2D eigenvalue weighted by Crippen LogP contribution is -1.95. The van der Waals surface area contributed by atoms with Gasteiger partial charge in [-0.15, -0.1) is 0 Å². The topological polar surface area (TPSA) is 63.6 Å². The molecule has 0 aliphatic rings. The van der Waals surface area contributed by atoms with Crippen molar-refractivity contribution in [3.8, 4) is 17.2 Å². The summed E-state index contributed by atoms with van der Waals surface area (Å²) in [6.07, 6.45) is 1.69. The summed E-state index contributed by atoms with van der Waals surface area (Å²) in [6, 6.07) is 8.90. The van der Waals surface area contributed by atoms with E-state index in [9.17, 15) is 5.11 Å². The van der Waals surface area contributed by atoms with E-state index in [1.54, 1.807) is 18.3 Å². The minimum atomic E-state index is -0.0217. The van der Waals surface area contributed by atoms with Crippen LogP contribution >= 0.6 is 0 Å². The number of phenols is 1. The number of aromatic hydroxyl groups is 1. The van der Waals surface area contributed by atoms with E-state index in [0.717, 1.165) is 5.69 Å². The molecular formula is C13H14N2O3. The molecule has 5 nitrogen and oxygen atoms in total. The van der Waals surface area contributed by atoms with Gasteiger partial charge in [0, 0.05) is 24.0 Å². The predicted octanol–water partition coefficient (Wildman–Crippen LogP) is 2.55. The largest absolute Gasteiger partial charge is 0.502 e. The molecule has 2 rings (SSSR count). The van der Waals surface area contributed by atoms with Crippen LogP contribution in [0.5, 0.6) is 17.2 Å². The van der Waals surface area contributed by atoms with Crippen LogP contribution < -0.4 is 14.8 Å². The Hall–Kier alpha value is -2.43. The van der Waals surface area contributed by atoms with Gasteiger partial charge in [0.2, 0.25) is 5.75 Å². The van der Waals surface area contributed by atoms with E-state index < -0.39 is 0 Å². The summed E-state index contributed by atoms with van der Waals surface area (Å²) in [4.78, 5) is 4.15. The number of nitrogens with zero attached hydrogens (tertiary/aromatic N) is 1. The number of aromatic nitrogens is 1. The van der Waals surface area contributed by atoms with Crippen LogP contribution in [-0.2, 0) is 0 Å². The second kappa shape index (κ2) is 5.27. The number of methoxy groups -OCH3 is 2. The Labute approximate surface area is 105 Å². The first kappa shape index (κ1) is 12.0. The molecule has 1 aromatic heterocycles. The zero-order valence-electron chi connectivity index (χ0n) is 10.2. The zero-order valence-corrected chi connectivity index (χ0v) is 10.2. The number of hydrogen-bond acceptors (Lipinski definition) is 5. The normalized spacial score (nSPS) is 9.89. The molecule has 1 aromatic carbocycles. The van der Waals surface area contributed by atoms with Crippen molar-refractivity contribution < 1.29 is 14.6 Å². The molecule has 0 aliphatic heterocycles. The van der Waals surface area contributed by atoms with Crippen LogP contribution in [0.25, 0.3) is 0 Å². The first-order chi connectivity index (χ1) is 8.74. The maximum absolute atomic E-state index is 9.79. The van der Waals surface area contributed by atoms with Crippen LogP contribution in [0.1, 0.15) is 0 Å². The third kappa shape index (κ3) is 2.45. The molecule has 2 N–H and O–H groups in total. The maximum atomic E-state index is 9.79. The predicted molar refractivity (Wildman–Crippen MR) is 68.7 cm³/mol. The first-order valence-electron chi connectivity index (χ1n) is 5.37. The quantitative estimate of drug-likeness (QED) is 0.812. The Morgan fingerprint density at radius 1 is 1.11 bits per heavy atom. The minimum Gasteiger partial charge on any atom is -0.502 e. The fourth-order valence-corrected chi connectivity index (χ4v) is 1.55. The van der Waals surface area contributed by atoms with Crippen LogP contribution in [0.2, 0.25) is 0 Å². The van der Waals surface area contributed by atoms with E-state index in [0.29, 0.717) is 17.3 Å². The van der Waals surface area contributed by atoms with Crippen LogP contribution in [0, 0.1) is 0 Å². The summed E-state index contributed by atoms with van der Waals surface area (Å²) in [7, 11) is 2.97. The number of anilines is 2. The molecule has 0 bridgehead atoms. The zero-order chi connectivity index (χ0) is 13.0. The fraction of sp³-hybridized carbons (Fsp3) is 0.154. The standard InChI is InChI=1S/C13H14N2O3/c1-17-10-7-9(8-11(18-2)13(10)16)15-12-5-3-4-6-14-12/h3-8,16H,1-2H3,(H,14,15). The van der Waals surface area contributed by atoms with E-state index >= 15 is 0 Å². The van der Waals surface area contributed by atoms with E-state index in [1.165, 1.54) is 14.2 Å². The molecule has 0 saturated carbocycles. The van der Waals surface area contributed by atoms with Gasteiger partial charge in [0.15, 0.2) is 11.5 Å². The molecule has 0 saturated heterocycles. The van der Waals surface area contributed by atoms with Gasteiger partial charge < -0.3 is 19.9 Å². The van der Waals surface area contributed by atoms with Gasteiger partial charge in [-0.3, -0.25) is 0 Å². The van der Waals surface area contributed by atoms with E-state index in [4.69, 9.17) is 9.47 Å². The van der Waals surface area contributed by atoms with Gasteiger partial charge in [-0.25, -0.2) is 4.98 Å². The van der Waals surface area contributed by atoms with Crippen molar-refractivity contribution in [2.75, 3.05) is 19.5 Å². The number of rotatable bonds is 4. The van der Waals surface area contributed by atoms with Crippen molar-refractivity contribution in [3.63, 3.8) is 0 Å². The lowest BCUT2D eigenvalue weighted by molar-refractivity contribution is 0.340. The molecule has 18 heavy (non-hydrogen) atoms. The summed E-state index contributed by atoms with van der Waals surface area (Å²) >= 11 is 0. The summed E-state index contributed by atoms with van der Waals surface area (Å²) in [6.45, 7) is 0. The number of phenolic OH excluding ortho intramolecular Hbond substituents is 1. The molecule has 0 unspecified atom stereocenters. The van der Waals surface area contributed by atoms with E-state index in [-0.39, 0.29) is 5.75 Å². The fourth-order valence-electron chi connectivity index (χ4n) is 1.55. The van der Waals surface area contributed by atoms with Gasteiger partial charge in [-0.1, -0.05) is 6.07 Å². The Balaban J connectivity index is 2.34. The van der Waals surface area contributed by atoms with Gasteiger partial charge in [-0.2, -0.15) is 0 Å². The van der Waals surface area contributed by atoms with Crippen LogP contribution in [0.3, 0.4) is 0 Å². The molecular weight excluding hydrogens is 232 g/mol. The van der Waals surface area contributed by atoms with Gasteiger partial charge in [0.25, 0.3) is 0 Å². The summed E-state index contributed by atoms with van der Waals surface area (Å²) in [5.74, 6) is 1.36. The number of benzene rings is 1. The maximum Gasteiger partial charge on any atom is 0.200 e.